The lowest BCUT2D eigenvalue weighted by Gasteiger charge is -2.28. The second-order valence-corrected chi connectivity index (χ2v) is 6.51. The van der Waals surface area contributed by atoms with Crippen molar-refractivity contribution in [2.45, 2.75) is 39.0 Å². The van der Waals surface area contributed by atoms with Crippen molar-refractivity contribution in [3.05, 3.63) is 34.3 Å². The topological polar surface area (TPSA) is 43.4 Å². The van der Waals surface area contributed by atoms with Crippen LogP contribution in [0, 0.1) is 11.8 Å². The van der Waals surface area contributed by atoms with E-state index in [4.69, 9.17) is 4.74 Å². The maximum atomic E-state index is 12.2. The van der Waals surface area contributed by atoms with E-state index in [1.807, 2.05) is 12.1 Å². The van der Waals surface area contributed by atoms with E-state index < -0.39 is 0 Å². The summed E-state index contributed by atoms with van der Waals surface area (Å²) in [5.41, 5.74) is 0.571. The molecule has 3 nitrogen and oxygen atoms in total. The van der Waals surface area contributed by atoms with E-state index in [9.17, 15) is 9.59 Å². The number of carbonyl (C=O) groups excluding carboxylic acids is 2. The lowest BCUT2D eigenvalue weighted by molar-refractivity contribution is -0.150. The fraction of sp³-hybridized carbons (Fsp3) is 0.529. The molecule has 1 aliphatic rings. The lowest BCUT2D eigenvalue weighted by Crippen LogP contribution is -2.29. The van der Waals surface area contributed by atoms with Gasteiger partial charge in [-0.1, -0.05) is 54.2 Å². The van der Waals surface area contributed by atoms with Gasteiger partial charge in [0, 0.05) is 10.0 Å². The number of hydrogen-bond acceptors (Lipinski definition) is 3. The van der Waals surface area contributed by atoms with E-state index in [1.54, 1.807) is 12.1 Å². The molecule has 0 aromatic heterocycles. The van der Waals surface area contributed by atoms with Gasteiger partial charge in [0.25, 0.3) is 0 Å². The van der Waals surface area contributed by atoms with Gasteiger partial charge in [0.15, 0.2) is 12.4 Å². The van der Waals surface area contributed by atoms with E-state index in [1.165, 1.54) is 6.42 Å². The van der Waals surface area contributed by atoms with Crippen LogP contribution in [-0.4, -0.2) is 18.4 Å². The average Bonchev–Trinajstić information content (AvgIpc) is 2.52. The Bertz CT molecular complexity index is 495. The zero-order valence-electron chi connectivity index (χ0n) is 12.3. The highest BCUT2D eigenvalue weighted by Crippen LogP contribution is 2.33. The standard InChI is InChI=1S/C17H21BrO3/c1-2-12-5-3-4-6-15(12)17(20)21-11-16(19)13-7-9-14(18)10-8-13/h7-10,12,15H,2-6,11H2,1H3. The van der Waals surface area contributed by atoms with Crippen LogP contribution in [0.2, 0.25) is 0 Å². The third kappa shape index (κ3) is 4.40. The van der Waals surface area contributed by atoms with Crippen molar-refractivity contribution in [1.82, 2.24) is 0 Å². The van der Waals surface area contributed by atoms with E-state index in [0.717, 1.165) is 30.2 Å². The molecule has 21 heavy (non-hydrogen) atoms. The summed E-state index contributed by atoms with van der Waals surface area (Å²) in [5.74, 6) is 0.0298. The lowest BCUT2D eigenvalue weighted by atomic mass is 9.78. The van der Waals surface area contributed by atoms with Gasteiger partial charge in [-0.2, -0.15) is 0 Å². The zero-order chi connectivity index (χ0) is 15.2. The average molecular weight is 353 g/mol. The Morgan fingerprint density at radius 3 is 2.52 bits per heavy atom. The Morgan fingerprint density at radius 1 is 1.19 bits per heavy atom. The summed E-state index contributed by atoms with van der Waals surface area (Å²) in [6.07, 6.45) is 5.26. The first-order valence-electron chi connectivity index (χ1n) is 7.57. The number of ketones is 1. The van der Waals surface area contributed by atoms with E-state index in [0.29, 0.717) is 11.5 Å². The van der Waals surface area contributed by atoms with Gasteiger partial charge in [-0.3, -0.25) is 9.59 Å². The highest BCUT2D eigenvalue weighted by molar-refractivity contribution is 9.10. The molecule has 1 aliphatic carbocycles. The molecule has 1 aromatic rings. The van der Waals surface area contributed by atoms with Crippen molar-refractivity contribution in [3.63, 3.8) is 0 Å². The summed E-state index contributed by atoms with van der Waals surface area (Å²) in [7, 11) is 0. The number of halogens is 1. The van der Waals surface area contributed by atoms with Gasteiger partial charge >= 0.3 is 5.97 Å². The summed E-state index contributed by atoms with van der Waals surface area (Å²) in [6, 6.07) is 7.08. The van der Waals surface area contributed by atoms with Crippen LogP contribution in [0.5, 0.6) is 0 Å². The molecule has 0 aliphatic heterocycles. The van der Waals surface area contributed by atoms with Crippen LogP contribution in [0.3, 0.4) is 0 Å². The number of ether oxygens (including phenoxy) is 1. The predicted molar refractivity (Wildman–Crippen MR) is 85.2 cm³/mol. The molecule has 1 aromatic carbocycles. The Hall–Kier alpha value is -1.16. The van der Waals surface area contributed by atoms with Gasteiger partial charge in [-0.15, -0.1) is 0 Å². The first-order chi connectivity index (χ1) is 10.1. The molecule has 0 heterocycles. The van der Waals surface area contributed by atoms with Crippen LogP contribution in [0.1, 0.15) is 49.4 Å². The molecular weight excluding hydrogens is 332 g/mol. The molecule has 0 N–H and O–H groups in total. The first-order valence-corrected chi connectivity index (χ1v) is 8.36. The third-order valence-electron chi connectivity index (χ3n) is 4.25. The second kappa shape index (κ2) is 7.74. The highest BCUT2D eigenvalue weighted by atomic mass is 79.9. The SMILES string of the molecule is CCC1CCCCC1C(=O)OCC(=O)c1ccc(Br)cc1. The second-order valence-electron chi connectivity index (χ2n) is 5.60. The molecule has 0 radical (unpaired) electrons. The van der Waals surface area contributed by atoms with Gasteiger partial charge < -0.3 is 4.74 Å². The molecule has 1 fully saturated rings. The first kappa shape index (κ1) is 16.2. The van der Waals surface area contributed by atoms with Crippen LogP contribution in [-0.2, 0) is 9.53 Å². The normalized spacial score (nSPS) is 21.8. The third-order valence-corrected chi connectivity index (χ3v) is 4.78. The fourth-order valence-corrected chi connectivity index (χ4v) is 3.23. The summed E-state index contributed by atoms with van der Waals surface area (Å²) < 4.78 is 6.18. The molecule has 1 saturated carbocycles. The Balaban J connectivity index is 1.88. The summed E-state index contributed by atoms with van der Waals surface area (Å²) >= 11 is 3.33. The van der Waals surface area contributed by atoms with Crippen molar-refractivity contribution in [3.8, 4) is 0 Å². The smallest absolute Gasteiger partial charge is 0.309 e. The minimum atomic E-state index is -0.202. The molecule has 0 bridgehead atoms. The molecule has 0 amide bonds. The van der Waals surface area contributed by atoms with Crippen LogP contribution in [0.15, 0.2) is 28.7 Å². The van der Waals surface area contributed by atoms with Crippen LogP contribution >= 0.6 is 15.9 Å². The summed E-state index contributed by atoms with van der Waals surface area (Å²) in [4.78, 5) is 24.2. The molecule has 114 valence electrons. The Labute approximate surface area is 134 Å². The van der Waals surface area contributed by atoms with E-state index in [2.05, 4.69) is 22.9 Å². The number of carbonyl (C=O) groups is 2. The van der Waals surface area contributed by atoms with Crippen molar-refractivity contribution in [1.29, 1.82) is 0 Å². The van der Waals surface area contributed by atoms with Crippen molar-refractivity contribution in [2.24, 2.45) is 11.8 Å². The van der Waals surface area contributed by atoms with Crippen molar-refractivity contribution >= 4 is 27.7 Å². The minimum absolute atomic E-state index is 0.0264. The summed E-state index contributed by atoms with van der Waals surface area (Å²) in [5, 5.41) is 0. The quantitative estimate of drug-likeness (QED) is 0.582. The Kier molecular flexibility index (Phi) is 5.97. The predicted octanol–water partition coefficient (Wildman–Crippen LogP) is 4.39. The van der Waals surface area contributed by atoms with E-state index >= 15 is 0 Å². The Morgan fingerprint density at radius 2 is 1.86 bits per heavy atom. The van der Waals surface area contributed by atoms with Gasteiger partial charge in [0.1, 0.15) is 0 Å². The number of Topliss-reactive ketones (excluding diaryl/α,β-unsaturated/α-hetero) is 1. The monoisotopic (exact) mass is 352 g/mol. The molecule has 2 atom stereocenters. The molecule has 2 rings (SSSR count). The van der Waals surface area contributed by atoms with Crippen molar-refractivity contribution < 1.29 is 14.3 Å². The van der Waals surface area contributed by atoms with E-state index in [-0.39, 0.29) is 24.3 Å². The molecule has 0 saturated heterocycles. The molecule has 0 spiro atoms. The number of benzene rings is 1. The fourth-order valence-electron chi connectivity index (χ4n) is 2.97. The maximum absolute atomic E-state index is 12.2. The van der Waals surface area contributed by atoms with Crippen molar-refractivity contribution in [2.75, 3.05) is 6.61 Å². The zero-order valence-corrected chi connectivity index (χ0v) is 13.9. The van der Waals surface area contributed by atoms with Crippen LogP contribution in [0.25, 0.3) is 0 Å². The minimum Gasteiger partial charge on any atom is -0.457 e. The summed E-state index contributed by atoms with van der Waals surface area (Å²) in [6.45, 7) is 1.96. The number of hydrogen-bond donors (Lipinski definition) is 0. The van der Waals surface area contributed by atoms with Crippen LogP contribution in [0.4, 0.5) is 0 Å². The number of esters is 1. The molecule has 4 heteroatoms. The van der Waals surface area contributed by atoms with Crippen LogP contribution < -0.4 is 0 Å². The van der Waals surface area contributed by atoms with Gasteiger partial charge in [-0.05, 0) is 30.9 Å². The maximum Gasteiger partial charge on any atom is 0.309 e. The highest BCUT2D eigenvalue weighted by Gasteiger charge is 2.31. The van der Waals surface area contributed by atoms with Gasteiger partial charge in [-0.25, -0.2) is 0 Å². The van der Waals surface area contributed by atoms with Gasteiger partial charge in [0.05, 0.1) is 5.92 Å². The largest absolute Gasteiger partial charge is 0.457 e. The molecule has 2 unspecified atom stereocenters. The number of rotatable bonds is 5. The van der Waals surface area contributed by atoms with Gasteiger partial charge in [0.2, 0.25) is 0 Å². The molecular formula is C17H21BrO3.